The van der Waals surface area contributed by atoms with Gasteiger partial charge in [-0.15, -0.1) is 0 Å². The fourth-order valence-electron chi connectivity index (χ4n) is 1.75. The van der Waals surface area contributed by atoms with Crippen molar-refractivity contribution in [3.05, 3.63) is 17.6 Å². The predicted molar refractivity (Wildman–Crippen MR) is 64.2 cm³/mol. The van der Waals surface area contributed by atoms with Gasteiger partial charge >= 0.3 is 0 Å². The summed E-state index contributed by atoms with van der Waals surface area (Å²) in [6.45, 7) is 3.96. The minimum atomic E-state index is -0.634. The van der Waals surface area contributed by atoms with Crippen molar-refractivity contribution in [2.24, 2.45) is 5.73 Å². The summed E-state index contributed by atoms with van der Waals surface area (Å²) in [5, 5.41) is 0. The van der Waals surface area contributed by atoms with Crippen LogP contribution in [0.25, 0.3) is 0 Å². The molecule has 94 valence electrons. The van der Waals surface area contributed by atoms with Crippen molar-refractivity contribution in [3.8, 4) is 0 Å². The number of primary amides is 1. The van der Waals surface area contributed by atoms with Gasteiger partial charge in [-0.1, -0.05) is 13.8 Å². The molecule has 0 atom stereocenters. The topological polar surface area (TPSA) is 104 Å². The van der Waals surface area contributed by atoms with E-state index in [-0.39, 0.29) is 11.4 Å². The van der Waals surface area contributed by atoms with Crippen LogP contribution in [0.2, 0.25) is 0 Å². The number of carbonyl (C=O) groups is 1. The van der Waals surface area contributed by atoms with Crippen molar-refractivity contribution in [3.63, 3.8) is 0 Å². The van der Waals surface area contributed by atoms with Crippen LogP contribution in [0.3, 0.4) is 0 Å². The summed E-state index contributed by atoms with van der Waals surface area (Å²) in [4.78, 5) is 19.3. The van der Waals surface area contributed by atoms with Crippen molar-refractivity contribution >= 4 is 11.7 Å². The van der Waals surface area contributed by atoms with Crippen LogP contribution >= 0.6 is 0 Å². The van der Waals surface area contributed by atoms with Crippen LogP contribution in [0.4, 0.5) is 5.82 Å². The lowest BCUT2D eigenvalue weighted by atomic mass is 9.96. The van der Waals surface area contributed by atoms with Crippen LogP contribution in [0.15, 0.2) is 6.20 Å². The van der Waals surface area contributed by atoms with E-state index >= 15 is 0 Å². The molecular weight excluding hydrogens is 220 g/mol. The third-order valence-electron chi connectivity index (χ3n) is 3.02. The van der Waals surface area contributed by atoms with Crippen LogP contribution in [-0.2, 0) is 10.3 Å². The van der Waals surface area contributed by atoms with Gasteiger partial charge in [0.15, 0.2) is 5.82 Å². The number of nitrogens with two attached hydrogens (primary N) is 2. The molecule has 0 saturated carbocycles. The number of rotatable bonds is 5. The molecule has 0 radical (unpaired) electrons. The molecule has 0 spiro atoms. The van der Waals surface area contributed by atoms with E-state index in [9.17, 15) is 4.79 Å². The highest BCUT2D eigenvalue weighted by Crippen LogP contribution is 2.30. The van der Waals surface area contributed by atoms with E-state index in [2.05, 4.69) is 9.97 Å². The molecule has 1 amide bonds. The van der Waals surface area contributed by atoms with E-state index in [0.717, 1.165) is 12.8 Å². The molecule has 0 aromatic carbocycles. The number of methoxy groups -OCH3 is 1. The second-order valence-electron chi connectivity index (χ2n) is 3.76. The Morgan fingerprint density at radius 1 is 1.47 bits per heavy atom. The average molecular weight is 238 g/mol. The SMILES string of the molecule is CCC(CC)(OC)c1ncc(C(N)=O)c(N)n1. The summed E-state index contributed by atoms with van der Waals surface area (Å²) >= 11 is 0. The second kappa shape index (κ2) is 5.09. The molecule has 0 fully saturated rings. The van der Waals surface area contributed by atoms with Gasteiger partial charge in [0, 0.05) is 13.3 Å². The van der Waals surface area contributed by atoms with Crippen molar-refractivity contribution in [1.29, 1.82) is 0 Å². The number of hydrogen-bond donors (Lipinski definition) is 2. The van der Waals surface area contributed by atoms with Gasteiger partial charge in [-0.05, 0) is 12.8 Å². The molecule has 1 aromatic rings. The maximum absolute atomic E-state index is 11.0. The van der Waals surface area contributed by atoms with Gasteiger partial charge in [0.25, 0.3) is 5.91 Å². The Balaban J connectivity index is 3.24. The van der Waals surface area contributed by atoms with Crippen molar-refractivity contribution < 1.29 is 9.53 Å². The Hall–Kier alpha value is -1.69. The molecule has 6 nitrogen and oxygen atoms in total. The number of amides is 1. The van der Waals surface area contributed by atoms with Gasteiger partial charge in [-0.3, -0.25) is 4.79 Å². The highest BCUT2D eigenvalue weighted by molar-refractivity contribution is 5.96. The molecule has 1 aromatic heterocycles. The van der Waals surface area contributed by atoms with Crippen molar-refractivity contribution in [2.45, 2.75) is 32.3 Å². The Bertz CT molecular complexity index is 408. The second-order valence-corrected chi connectivity index (χ2v) is 3.76. The number of carbonyl (C=O) groups excluding carboxylic acids is 1. The molecule has 0 saturated heterocycles. The minimum Gasteiger partial charge on any atom is -0.383 e. The third-order valence-corrected chi connectivity index (χ3v) is 3.02. The first-order valence-electron chi connectivity index (χ1n) is 5.48. The summed E-state index contributed by atoms with van der Waals surface area (Å²) in [5.41, 5.74) is 10.4. The first-order valence-corrected chi connectivity index (χ1v) is 5.48. The van der Waals surface area contributed by atoms with Crippen LogP contribution in [0.1, 0.15) is 42.9 Å². The maximum atomic E-state index is 11.0. The van der Waals surface area contributed by atoms with Gasteiger partial charge in [0.2, 0.25) is 0 Å². The molecule has 4 N–H and O–H groups in total. The largest absolute Gasteiger partial charge is 0.383 e. The zero-order valence-electron chi connectivity index (χ0n) is 10.4. The van der Waals surface area contributed by atoms with Crippen molar-refractivity contribution in [1.82, 2.24) is 9.97 Å². The predicted octanol–water partition coefficient (Wildman–Crippen LogP) is 0.819. The molecule has 0 aliphatic carbocycles. The van der Waals surface area contributed by atoms with Crippen molar-refractivity contribution in [2.75, 3.05) is 12.8 Å². The lowest BCUT2D eigenvalue weighted by Crippen LogP contribution is -2.30. The van der Waals surface area contributed by atoms with Crippen LogP contribution in [-0.4, -0.2) is 23.0 Å². The fraction of sp³-hybridized carbons (Fsp3) is 0.545. The van der Waals surface area contributed by atoms with Gasteiger partial charge in [-0.25, -0.2) is 9.97 Å². The number of ether oxygens (including phenoxy) is 1. The van der Waals surface area contributed by atoms with E-state index in [1.165, 1.54) is 6.20 Å². The number of nitrogen functional groups attached to an aromatic ring is 1. The normalized spacial score (nSPS) is 11.5. The Morgan fingerprint density at radius 2 is 2.06 bits per heavy atom. The number of aromatic nitrogens is 2. The Labute approximate surface area is 100 Å². The molecule has 17 heavy (non-hydrogen) atoms. The summed E-state index contributed by atoms with van der Waals surface area (Å²) in [6, 6.07) is 0. The van der Waals surface area contributed by atoms with Crippen LogP contribution < -0.4 is 11.5 Å². The van der Waals surface area contributed by atoms with Gasteiger partial charge in [0.1, 0.15) is 11.4 Å². The molecule has 6 heteroatoms. The van der Waals surface area contributed by atoms with E-state index in [4.69, 9.17) is 16.2 Å². The number of anilines is 1. The van der Waals surface area contributed by atoms with E-state index in [0.29, 0.717) is 5.82 Å². The average Bonchev–Trinajstić information content (AvgIpc) is 2.32. The summed E-state index contributed by atoms with van der Waals surface area (Å²) in [6.07, 6.45) is 2.78. The van der Waals surface area contributed by atoms with E-state index in [1.54, 1.807) is 7.11 Å². The zero-order valence-corrected chi connectivity index (χ0v) is 10.4. The quantitative estimate of drug-likeness (QED) is 0.790. The molecule has 0 unspecified atom stereocenters. The Morgan fingerprint density at radius 3 is 2.41 bits per heavy atom. The summed E-state index contributed by atoms with van der Waals surface area (Å²) in [5.74, 6) is -0.0663. The number of hydrogen-bond acceptors (Lipinski definition) is 5. The van der Waals surface area contributed by atoms with Gasteiger partial charge in [0.05, 0.1) is 5.56 Å². The lowest BCUT2D eigenvalue weighted by Gasteiger charge is -2.28. The van der Waals surface area contributed by atoms with E-state index < -0.39 is 11.5 Å². The van der Waals surface area contributed by atoms with Crippen LogP contribution in [0.5, 0.6) is 0 Å². The summed E-state index contributed by atoms with van der Waals surface area (Å²) in [7, 11) is 1.61. The van der Waals surface area contributed by atoms with E-state index in [1.807, 2.05) is 13.8 Å². The first-order chi connectivity index (χ1) is 8.00. The standard InChI is InChI=1S/C11H18N4O2/c1-4-11(5-2,17-3)10-14-6-7(9(13)16)8(12)15-10/h6H,4-5H2,1-3H3,(H2,13,16)(H2,12,14,15). The molecular formula is C11H18N4O2. The Kier molecular flexibility index (Phi) is 4.01. The lowest BCUT2D eigenvalue weighted by molar-refractivity contribution is -0.0290. The maximum Gasteiger partial charge on any atom is 0.254 e. The third kappa shape index (κ3) is 2.36. The number of nitrogens with zero attached hydrogens (tertiary/aromatic N) is 2. The first kappa shape index (κ1) is 13.4. The van der Waals surface area contributed by atoms with Gasteiger partial charge < -0.3 is 16.2 Å². The highest BCUT2D eigenvalue weighted by Gasteiger charge is 2.32. The molecule has 0 aliphatic rings. The molecule has 0 aliphatic heterocycles. The van der Waals surface area contributed by atoms with Crippen LogP contribution in [0, 0.1) is 0 Å². The zero-order chi connectivity index (χ0) is 13.1. The monoisotopic (exact) mass is 238 g/mol. The fourth-order valence-corrected chi connectivity index (χ4v) is 1.75. The molecule has 1 heterocycles. The van der Waals surface area contributed by atoms with Gasteiger partial charge in [-0.2, -0.15) is 0 Å². The molecule has 1 rings (SSSR count). The highest BCUT2D eigenvalue weighted by atomic mass is 16.5. The molecule has 0 bridgehead atoms. The summed E-state index contributed by atoms with van der Waals surface area (Å²) < 4.78 is 5.48. The minimum absolute atomic E-state index is 0.0887. The smallest absolute Gasteiger partial charge is 0.254 e.